The fraction of sp³-hybridized carbons (Fsp3) is 0.538. The van der Waals surface area contributed by atoms with Crippen LogP contribution in [0.4, 0.5) is 0 Å². The molecule has 1 saturated carbocycles. The molecule has 0 aromatic carbocycles. The average molecular weight is 283 g/mol. The highest BCUT2D eigenvalue weighted by Crippen LogP contribution is 2.29. The molecular weight excluding hydrogens is 266 g/mol. The summed E-state index contributed by atoms with van der Waals surface area (Å²) in [5.74, 6) is -1.25. The van der Waals surface area contributed by atoms with Crippen LogP contribution >= 0.6 is 11.8 Å². The highest BCUT2D eigenvalue weighted by molar-refractivity contribution is 7.98. The molecule has 5 nitrogen and oxygen atoms in total. The van der Waals surface area contributed by atoms with Crippen LogP contribution in [0.2, 0.25) is 0 Å². The van der Waals surface area contributed by atoms with Gasteiger partial charge in [-0.05, 0) is 31.2 Å². The van der Waals surface area contributed by atoms with Gasteiger partial charge in [0.1, 0.15) is 5.54 Å². The van der Waals surface area contributed by atoms with Crippen molar-refractivity contribution in [3.05, 3.63) is 17.9 Å². The lowest BCUT2D eigenvalue weighted by molar-refractivity contribution is -0.145. The smallest absolute Gasteiger partial charge is 0.329 e. The third-order valence-corrected chi connectivity index (χ3v) is 4.10. The van der Waals surface area contributed by atoms with Gasteiger partial charge in [-0.25, -0.2) is 4.79 Å². The quantitative estimate of drug-likeness (QED) is 0.830. The number of hydrogen-bond donors (Lipinski definition) is 2. The summed E-state index contributed by atoms with van der Waals surface area (Å²) in [4.78, 5) is 23.5. The van der Waals surface area contributed by atoms with Crippen LogP contribution in [0.15, 0.2) is 21.6 Å². The van der Waals surface area contributed by atoms with Gasteiger partial charge in [0, 0.05) is 0 Å². The highest BCUT2D eigenvalue weighted by atomic mass is 32.2. The molecule has 2 N–H and O–H groups in total. The van der Waals surface area contributed by atoms with Gasteiger partial charge in [-0.15, -0.1) is 0 Å². The number of hydrogen-bond acceptors (Lipinski definition) is 4. The Bertz CT molecular complexity index is 477. The molecule has 1 aliphatic carbocycles. The van der Waals surface area contributed by atoms with Crippen LogP contribution in [-0.4, -0.2) is 28.8 Å². The first-order valence-corrected chi connectivity index (χ1v) is 7.50. The minimum Gasteiger partial charge on any atom is -0.480 e. The number of carboxylic acid groups (broad SMARTS) is 1. The Kier molecular flexibility index (Phi) is 4.19. The van der Waals surface area contributed by atoms with Crippen LogP contribution in [-0.2, 0) is 4.79 Å². The van der Waals surface area contributed by atoms with E-state index >= 15 is 0 Å². The summed E-state index contributed by atoms with van der Waals surface area (Å²) in [5.41, 5.74) is -1.14. The fourth-order valence-corrected chi connectivity index (χ4v) is 2.76. The zero-order valence-electron chi connectivity index (χ0n) is 10.8. The second kappa shape index (κ2) is 5.69. The molecular formula is C13H17NO4S. The zero-order chi connectivity index (χ0) is 13.9. The second-order valence-electron chi connectivity index (χ2n) is 4.72. The number of furan rings is 1. The fourth-order valence-electron chi connectivity index (χ4n) is 2.38. The first-order valence-electron chi connectivity index (χ1n) is 6.27. The number of carboxylic acids is 1. The number of nitrogens with one attached hydrogen (secondary N) is 1. The van der Waals surface area contributed by atoms with Crippen molar-refractivity contribution in [2.24, 2.45) is 0 Å². The van der Waals surface area contributed by atoms with E-state index in [2.05, 4.69) is 5.32 Å². The van der Waals surface area contributed by atoms with Gasteiger partial charge in [-0.2, -0.15) is 0 Å². The molecule has 6 heteroatoms. The average Bonchev–Trinajstić information content (AvgIpc) is 2.88. The molecule has 0 spiro atoms. The van der Waals surface area contributed by atoms with Crippen molar-refractivity contribution in [1.29, 1.82) is 0 Å². The van der Waals surface area contributed by atoms with E-state index in [0.717, 1.165) is 19.3 Å². The van der Waals surface area contributed by atoms with E-state index < -0.39 is 17.4 Å². The van der Waals surface area contributed by atoms with Gasteiger partial charge in [0.2, 0.25) is 0 Å². The SMILES string of the molecule is CSc1ccc(C(=O)NC2(C(=O)O)CCCCC2)o1. The lowest BCUT2D eigenvalue weighted by atomic mass is 9.81. The maximum Gasteiger partial charge on any atom is 0.329 e. The number of aliphatic carboxylic acids is 1. The van der Waals surface area contributed by atoms with Gasteiger partial charge in [0.05, 0.1) is 0 Å². The number of carbonyl (C=O) groups is 2. The van der Waals surface area contributed by atoms with Gasteiger partial charge in [-0.3, -0.25) is 4.79 Å². The molecule has 2 rings (SSSR count). The molecule has 0 aliphatic heterocycles. The Labute approximate surface area is 115 Å². The molecule has 1 aromatic rings. The van der Waals surface area contributed by atoms with Crippen molar-refractivity contribution in [3.63, 3.8) is 0 Å². The minimum atomic E-state index is -1.14. The van der Waals surface area contributed by atoms with Crippen molar-refractivity contribution in [2.75, 3.05) is 6.26 Å². The molecule has 0 saturated heterocycles. The number of thioether (sulfide) groups is 1. The molecule has 0 bridgehead atoms. The van der Waals surface area contributed by atoms with E-state index in [1.807, 2.05) is 6.26 Å². The van der Waals surface area contributed by atoms with E-state index in [-0.39, 0.29) is 5.76 Å². The first-order chi connectivity index (χ1) is 9.07. The Morgan fingerprint density at radius 3 is 2.53 bits per heavy atom. The van der Waals surface area contributed by atoms with Gasteiger partial charge < -0.3 is 14.8 Å². The van der Waals surface area contributed by atoms with Crippen molar-refractivity contribution in [3.8, 4) is 0 Å². The van der Waals surface area contributed by atoms with Gasteiger partial charge >= 0.3 is 5.97 Å². The van der Waals surface area contributed by atoms with Crippen LogP contribution < -0.4 is 5.32 Å². The largest absolute Gasteiger partial charge is 0.480 e. The highest BCUT2D eigenvalue weighted by Gasteiger charge is 2.41. The molecule has 1 heterocycles. The van der Waals surface area contributed by atoms with E-state index in [4.69, 9.17) is 4.42 Å². The lowest BCUT2D eigenvalue weighted by Crippen LogP contribution is -2.55. The molecule has 1 aromatic heterocycles. The van der Waals surface area contributed by atoms with E-state index in [1.165, 1.54) is 11.8 Å². The third kappa shape index (κ3) is 2.94. The Balaban J connectivity index is 2.12. The topological polar surface area (TPSA) is 79.5 Å². The minimum absolute atomic E-state index is 0.163. The maximum absolute atomic E-state index is 12.1. The third-order valence-electron chi connectivity index (χ3n) is 3.48. The standard InChI is InChI=1S/C13H17NO4S/c1-19-10-6-5-9(18-10)11(15)14-13(12(16)17)7-3-2-4-8-13/h5-6H,2-4,7-8H2,1H3,(H,14,15)(H,16,17). The van der Waals surface area contributed by atoms with Crippen molar-refractivity contribution >= 4 is 23.6 Å². The lowest BCUT2D eigenvalue weighted by Gasteiger charge is -2.33. The summed E-state index contributed by atoms with van der Waals surface area (Å²) in [5, 5.41) is 12.7. The molecule has 1 aliphatic rings. The molecule has 104 valence electrons. The Morgan fingerprint density at radius 2 is 2.00 bits per heavy atom. The van der Waals surface area contributed by atoms with E-state index in [9.17, 15) is 14.7 Å². The van der Waals surface area contributed by atoms with E-state index in [1.54, 1.807) is 12.1 Å². The van der Waals surface area contributed by atoms with E-state index in [0.29, 0.717) is 17.9 Å². The van der Waals surface area contributed by atoms with Crippen LogP contribution in [0, 0.1) is 0 Å². The van der Waals surface area contributed by atoms with Crippen molar-refractivity contribution in [1.82, 2.24) is 5.32 Å². The van der Waals surface area contributed by atoms with Crippen molar-refractivity contribution in [2.45, 2.75) is 42.7 Å². The summed E-state index contributed by atoms with van der Waals surface area (Å²) in [6, 6.07) is 3.27. The zero-order valence-corrected chi connectivity index (χ0v) is 11.6. The van der Waals surface area contributed by atoms with Gasteiger partial charge in [-0.1, -0.05) is 31.0 Å². The Morgan fingerprint density at radius 1 is 1.32 bits per heavy atom. The Hall–Kier alpha value is -1.43. The normalized spacial score (nSPS) is 17.9. The molecule has 0 atom stereocenters. The maximum atomic E-state index is 12.1. The molecule has 0 unspecified atom stereocenters. The van der Waals surface area contributed by atoms with Gasteiger partial charge in [0.15, 0.2) is 10.9 Å². The number of carbonyl (C=O) groups excluding carboxylic acids is 1. The van der Waals surface area contributed by atoms with Crippen LogP contribution in [0.1, 0.15) is 42.7 Å². The summed E-state index contributed by atoms with van der Waals surface area (Å²) in [7, 11) is 0. The summed E-state index contributed by atoms with van der Waals surface area (Å²) in [6.07, 6.45) is 5.46. The summed E-state index contributed by atoms with van der Waals surface area (Å²) < 4.78 is 5.32. The molecule has 19 heavy (non-hydrogen) atoms. The molecule has 1 amide bonds. The molecule has 1 fully saturated rings. The number of amides is 1. The molecule has 0 radical (unpaired) electrons. The second-order valence-corrected chi connectivity index (χ2v) is 5.54. The van der Waals surface area contributed by atoms with Crippen molar-refractivity contribution < 1.29 is 19.1 Å². The van der Waals surface area contributed by atoms with Gasteiger partial charge in [0.25, 0.3) is 5.91 Å². The monoisotopic (exact) mass is 283 g/mol. The van der Waals surface area contributed by atoms with Crippen LogP contribution in [0.3, 0.4) is 0 Å². The van der Waals surface area contributed by atoms with Crippen LogP contribution in [0.25, 0.3) is 0 Å². The van der Waals surface area contributed by atoms with Crippen LogP contribution in [0.5, 0.6) is 0 Å². The number of rotatable bonds is 4. The summed E-state index contributed by atoms with van der Waals surface area (Å²) >= 11 is 1.40. The predicted molar refractivity (Wildman–Crippen MR) is 71.4 cm³/mol. The first kappa shape index (κ1) is 14.0. The summed E-state index contributed by atoms with van der Waals surface area (Å²) in [6.45, 7) is 0. The predicted octanol–water partition coefficient (Wildman–Crippen LogP) is 2.52.